The molecule has 0 atom stereocenters. The van der Waals surface area contributed by atoms with Crippen LogP contribution in [0, 0.1) is 0 Å². The van der Waals surface area contributed by atoms with Gasteiger partial charge in [0.1, 0.15) is 11.4 Å². The molecule has 4 aromatic rings. The lowest BCUT2D eigenvalue weighted by Crippen LogP contribution is -2.06. The third kappa shape index (κ3) is 4.21. The Morgan fingerprint density at radius 2 is 1.77 bits per heavy atom. The minimum atomic E-state index is -3.47. The van der Waals surface area contributed by atoms with Crippen LogP contribution in [0.3, 0.4) is 0 Å². The van der Waals surface area contributed by atoms with Crippen molar-refractivity contribution < 1.29 is 18.3 Å². The van der Waals surface area contributed by atoms with Crippen molar-refractivity contribution in [2.24, 2.45) is 0 Å². The summed E-state index contributed by atoms with van der Waals surface area (Å²) in [6.45, 7) is -0.400. The van der Waals surface area contributed by atoms with Crippen molar-refractivity contribution in [2.45, 2.75) is 11.5 Å². The number of pyridine rings is 1. The van der Waals surface area contributed by atoms with E-state index in [1.165, 1.54) is 6.07 Å². The summed E-state index contributed by atoms with van der Waals surface area (Å²) in [7, 11) is -1.86. The first-order valence-corrected chi connectivity index (χ1v) is 11.4. The molecular formula is C23H21N3O4S. The van der Waals surface area contributed by atoms with Crippen molar-refractivity contribution in [3.05, 3.63) is 78.5 Å². The van der Waals surface area contributed by atoms with Crippen molar-refractivity contribution in [2.75, 3.05) is 13.4 Å². The Kier molecular flexibility index (Phi) is 5.58. The number of aromatic nitrogens is 3. The lowest BCUT2D eigenvalue weighted by molar-refractivity contribution is 0.278. The Bertz CT molecular complexity index is 1310. The molecule has 0 unspecified atom stereocenters. The molecule has 1 N–H and O–H groups in total. The maximum absolute atomic E-state index is 12.0. The van der Waals surface area contributed by atoms with Crippen LogP contribution in [0.5, 0.6) is 5.75 Å². The van der Waals surface area contributed by atoms with Crippen LogP contribution in [-0.4, -0.2) is 41.7 Å². The molecule has 2 aromatic carbocycles. The minimum Gasteiger partial charge on any atom is -0.497 e. The standard InChI is InChI=1S/C23H21N3O4S/c1-30-19-9-6-16(7-10-19)22-14-21(20-5-3-4-12-24-20)25-26(22)18-8-11-23(31(2,28)29)17(13-18)15-27/h3-14,27H,15H2,1-2H3. The van der Waals surface area contributed by atoms with E-state index in [0.29, 0.717) is 22.6 Å². The van der Waals surface area contributed by atoms with Crippen LogP contribution in [0.25, 0.3) is 28.3 Å². The molecule has 0 saturated heterocycles. The number of hydrogen-bond donors (Lipinski definition) is 1. The van der Waals surface area contributed by atoms with Gasteiger partial charge in [-0.2, -0.15) is 5.10 Å². The van der Waals surface area contributed by atoms with Gasteiger partial charge in [0.25, 0.3) is 0 Å². The van der Waals surface area contributed by atoms with Crippen molar-refractivity contribution in [1.29, 1.82) is 0 Å². The predicted molar refractivity (Wildman–Crippen MR) is 118 cm³/mol. The third-order valence-electron chi connectivity index (χ3n) is 4.88. The number of aliphatic hydroxyl groups excluding tert-OH is 1. The molecule has 8 heteroatoms. The molecule has 0 radical (unpaired) electrons. The zero-order valence-corrected chi connectivity index (χ0v) is 17.9. The Labute approximate surface area is 180 Å². The van der Waals surface area contributed by atoms with Crippen LogP contribution >= 0.6 is 0 Å². The first kappa shape index (κ1) is 20.8. The molecule has 0 fully saturated rings. The summed E-state index contributed by atoms with van der Waals surface area (Å²) < 4.78 is 31.1. The lowest BCUT2D eigenvalue weighted by Gasteiger charge is -2.12. The smallest absolute Gasteiger partial charge is 0.175 e. The van der Waals surface area contributed by atoms with Crippen molar-refractivity contribution in [3.8, 4) is 34.1 Å². The molecule has 0 amide bonds. The van der Waals surface area contributed by atoms with E-state index in [1.807, 2.05) is 48.5 Å². The minimum absolute atomic E-state index is 0.0989. The second kappa shape index (κ2) is 8.33. The van der Waals surface area contributed by atoms with Gasteiger partial charge < -0.3 is 9.84 Å². The van der Waals surface area contributed by atoms with E-state index in [4.69, 9.17) is 9.84 Å². The van der Waals surface area contributed by atoms with Gasteiger partial charge in [0, 0.05) is 18.0 Å². The third-order valence-corrected chi connectivity index (χ3v) is 6.08. The van der Waals surface area contributed by atoms with E-state index in [0.717, 1.165) is 23.3 Å². The van der Waals surface area contributed by atoms with E-state index in [-0.39, 0.29) is 4.90 Å². The van der Waals surface area contributed by atoms with E-state index in [9.17, 15) is 13.5 Å². The summed E-state index contributed by atoms with van der Waals surface area (Å²) in [4.78, 5) is 4.48. The van der Waals surface area contributed by atoms with Crippen molar-refractivity contribution in [1.82, 2.24) is 14.8 Å². The molecule has 4 rings (SSSR count). The van der Waals surface area contributed by atoms with Gasteiger partial charge in [-0.15, -0.1) is 0 Å². The van der Waals surface area contributed by atoms with Crippen LogP contribution in [-0.2, 0) is 16.4 Å². The van der Waals surface area contributed by atoms with Crippen LogP contribution in [0.4, 0.5) is 0 Å². The number of rotatable bonds is 6. The van der Waals surface area contributed by atoms with Gasteiger partial charge in [0.15, 0.2) is 9.84 Å². The predicted octanol–water partition coefficient (Wildman–Crippen LogP) is 3.51. The van der Waals surface area contributed by atoms with Crippen molar-refractivity contribution in [3.63, 3.8) is 0 Å². The average molecular weight is 436 g/mol. The lowest BCUT2D eigenvalue weighted by atomic mass is 10.1. The van der Waals surface area contributed by atoms with E-state index in [1.54, 1.807) is 30.1 Å². The van der Waals surface area contributed by atoms with Gasteiger partial charge in [-0.25, -0.2) is 13.1 Å². The number of hydrogen-bond acceptors (Lipinski definition) is 6. The fraction of sp³-hybridized carbons (Fsp3) is 0.130. The number of aliphatic hydroxyl groups is 1. The summed E-state index contributed by atoms with van der Waals surface area (Å²) in [5, 5.41) is 14.5. The highest BCUT2D eigenvalue weighted by molar-refractivity contribution is 7.90. The molecule has 0 aliphatic heterocycles. The van der Waals surface area contributed by atoms with Crippen LogP contribution < -0.4 is 4.74 Å². The summed E-state index contributed by atoms with van der Waals surface area (Å²) in [6, 6.07) is 19.9. The Morgan fingerprint density at radius 3 is 2.39 bits per heavy atom. The first-order chi connectivity index (χ1) is 14.9. The van der Waals surface area contributed by atoms with Gasteiger partial charge in [-0.3, -0.25) is 4.98 Å². The Morgan fingerprint density at radius 1 is 1.00 bits per heavy atom. The first-order valence-electron chi connectivity index (χ1n) is 9.51. The molecule has 158 valence electrons. The van der Waals surface area contributed by atoms with Gasteiger partial charge >= 0.3 is 0 Å². The summed E-state index contributed by atoms with van der Waals surface area (Å²) >= 11 is 0. The fourth-order valence-electron chi connectivity index (χ4n) is 3.37. The van der Waals surface area contributed by atoms with Gasteiger partial charge in [-0.05, 0) is 66.2 Å². The van der Waals surface area contributed by atoms with Crippen LogP contribution in [0.1, 0.15) is 5.56 Å². The molecule has 0 aliphatic rings. The van der Waals surface area contributed by atoms with Gasteiger partial charge in [-0.1, -0.05) is 6.07 Å². The average Bonchev–Trinajstić information content (AvgIpc) is 3.24. The maximum Gasteiger partial charge on any atom is 0.175 e. The molecule has 0 bridgehead atoms. The van der Waals surface area contributed by atoms with Crippen LogP contribution in [0.2, 0.25) is 0 Å². The zero-order valence-electron chi connectivity index (χ0n) is 17.1. The molecule has 2 aromatic heterocycles. The molecule has 2 heterocycles. The molecule has 31 heavy (non-hydrogen) atoms. The molecular weight excluding hydrogens is 414 g/mol. The van der Waals surface area contributed by atoms with Crippen molar-refractivity contribution >= 4 is 9.84 Å². The second-order valence-corrected chi connectivity index (χ2v) is 8.98. The SMILES string of the molecule is COc1ccc(-c2cc(-c3ccccn3)nn2-c2ccc(S(C)(=O)=O)c(CO)c2)cc1. The Hall–Kier alpha value is -3.49. The maximum atomic E-state index is 12.0. The fourth-order valence-corrected chi connectivity index (χ4v) is 4.28. The number of nitrogens with zero attached hydrogens (tertiary/aromatic N) is 3. The van der Waals surface area contributed by atoms with Gasteiger partial charge in [0.2, 0.25) is 0 Å². The molecule has 0 saturated carbocycles. The summed E-state index contributed by atoms with van der Waals surface area (Å²) in [5.74, 6) is 0.736. The molecule has 0 spiro atoms. The van der Waals surface area contributed by atoms with E-state index < -0.39 is 16.4 Å². The second-order valence-electron chi connectivity index (χ2n) is 6.99. The highest BCUT2D eigenvalue weighted by Crippen LogP contribution is 2.30. The normalized spacial score (nSPS) is 11.5. The summed E-state index contributed by atoms with van der Waals surface area (Å²) in [5.41, 5.74) is 4.02. The highest BCUT2D eigenvalue weighted by Gasteiger charge is 2.18. The zero-order chi connectivity index (χ0) is 22.0. The van der Waals surface area contributed by atoms with E-state index >= 15 is 0 Å². The summed E-state index contributed by atoms with van der Waals surface area (Å²) in [6.07, 6.45) is 2.82. The topological polar surface area (TPSA) is 94.3 Å². The number of ether oxygens (including phenoxy) is 1. The Balaban J connectivity index is 1.91. The quantitative estimate of drug-likeness (QED) is 0.498. The monoisotopic (exact) mass is 435 g/mol. The number of methoxy groups -OCH3 is 1. The molecule has 7 nitrogen and oxygen atoms in total. The number of sulfone groups is 1. The number of benzene rings is 2. The van der Waals surface area contributed by atoms with E-state index in [2.05, 4.69) is 4.98 Å². The highest BCUT2D eigenvalue weighted by atomic mass is 32.2. The molecule has 0 aliphatic carbocycles. The largest absolute Gasteiger partial charge is 0.497 e. The van der Waals surface area contributed by atoms with Gasteiger partial charge in [0.05, 0.1) is 35.7 Å². The van der Waals surface area contributed by atoms with Crippen LogP contribution in [0.15, 0.2) is 77.8 Å².